The van der Waals surface area contributed by atoms with Gasteiger partial charge < -0.3 is 10.6 Å². The third kappa shape index (κ3) is 4.63. The molecule has 0 fully saturated rings. The maximum atomic E-state index is 11.5. The molecule has 0 aliphatic carbocycles. The highest BCUT2D eigenvalue weighted by Gasteiger charge is 2.14. The first-order valence-electron chi connectivity index (χ1n) is 4.96. The molecule has 0 aliphatic rings. The Labute approximate surface area is 109 Å². The van der Waals surface area contributed by atoms with Gasteiger partial charge in [0.25, 0.3) is 0 Å². The quantitative estimate of drug-likeness (QED) is 0.814. The molecule has 0 bridgehead atoms. The summed E-state index contributed by atoms with van der Waals surface area (Å²) in [5, 5.41) is 5.66. The van der Waals surface area contributed by atoms with Gasteiger partial charge in [-0.1, -0.05) is 23.2 Å². The summed E-state index contributed by atoms with van der Waals surface area (Å²) < 4.78 is 0. The molecule has 0 unspecified atom stereocenters. The number of amides is 2. The summed E-state index contributed by atoms with van der Waals surface area (Å²) in [6.45, 7) is 3.53. The van der Waals surface area contributed by atoms with Crippen molar-refractivity contribution in [1.29, 1.82) is 0 Å². The Morgan fingerprint density at radius 1 is 1.06 bits per heavy atom. The highest BCUT2D eigenvalue weighted by Crippen LogP contribution is 2.22. The number of nitrogens with one attached hydrogen (secondary N) is 2. The fourth-order valence-corrected chi connectivity index (χ4v) is 1.67. The first-order chi connectivity index (χ1) is 7.88. The molecule has 17 heavy (non-hydrogen) atoms. The van der Waals surface area contributed by atoms with Gasteiger partial charge in [0.15, 0.2) is 0 Å². The highest BCUT2D eigenvalue weighted by molar-refractivity contribution is 6.40. The van der Waals surface area contributed by atoms with Crippen molar-refractivity contribution in [2.24, 2.45) is 0 Å². The van der Waals surface area contributed by atoms with Gasteiger partial charge in [-0.3, -0.25) is 9.59 Å². The Morgan fingerprint density at radius 3 is 2.06 bits per heavy atom. The summed E-state index contributed by atoms with van der Waals surface area (Å²) in [6, 6.07) is 4.45. The van der Waals surface area contributed by atoms with Gasteiger partial charge in [0.1, 0.15) is 0 Å². The van der Waals surface area contributed by atoms with Crippen LogP contribution < -0.4 is 10.6 Å². The Bertz CT molecular complexity index is 427. The Balaban J connectivity index is 2.71. The van der Waals surface area contributed by atoms with Crippen LogP contribution >= 0.6 is 23.2 Å². The van der Waals surface area contributed by atoms with Gasteiger partial charge in [-0.05, 0) is 32.0 Å². The van der Waals surface area contributed by atoms with Crippen LogP contribution in [-0.2, 0) is 9.59 Å². The van der Waals surface area contributed by atoms with Crippen LogP contribution in [0.2, 0.25) is 10.0 Å². The minimum absolute atomic E-state index is 0.101. The predicted octanol–water partition coefficient (Wildman–Crippen LogP) is 2.46. The van der Waals surface area contributed by atoms with Crippen molar-refractivity contribution in [2.45, 2.75) is 19.9 Å². The number of benzene rings is 1. The van der Waals surface area contributed by atoms with Crippen LogP contribution in [0.5, 0.6) is 0 Å². The topological polar surface area (TPSA) is 58.2 Å². The van der Waals surface area contributed by atoms with Crippen molar-refractivity contribution in [3.63, 3.8) is 0 Å². The van der Waals surface area contributed by atoms with Crippen molar-refractivity contribution in [3.05, 3.63) is 28.2 Å². The lowest BCUT2D eigenvalue weighted by molar-refractivity contribution is -0.136. The molecule has 4 nitrogen and oxygen atoms in total. The number of carbonyl (C=O) groups is 2. The standard InChI is InChI=1S/C11H12Cl2N2O2/c1-6(2)14-10(16)11(17)15-9-4-7(12)3-8(13)5-9/h3-6H,1-2H3,(H,14,16)(H,15,17). The lowest BCUT2D eigenvalue weighted by Crippen LogP contribution is -2.39. The monoisotopic (exact) mass is 274 g/mol. The molecule has 92 valence electrons. The molecular formula is C11H12Cl2N2O2. The zero-order valence-electron chi connectivity index (χ0n) is 9.38. The normalized spacial score (nSPS) is 10.2. The van der Waals surface area contributed by atoms with E-state index in [-0.39, 0.29) is 6.04 Å². The molecule has 0 aromatic heterocycles. The maximum absolute atomic E-state index is 11.5. The maximum Gasteiger partial charge on any atom is 0.313 e. The van der Waals surface area contributed by atoms with Crippen molar-refractivity contribution in [2.75, 3.05) is 5.32 Å². The second-order valence-electron chi connectivity index (χ2n) is 3.74. The van der Waals surface area contributed by atoms with Crippen molar-refractivity contribution < 1.29 is 9.59 Å². The fraction of sp³-hybridized carbons (Fsp3) is 0.273. The number of carbonyl (C=O) groups excluding carboxylic acids is 2. The molecule has 1 aromatic carbocycles. The zero-order chi connectivity index (χ0) is 13.0. The third-order valence-electron chi connectivity index (χ3n) is 1.75. The average Bonchev–Trinajstić information content (AvgIpc) is 2.14. The number of rotatable bonds is 2. The lowest BCUT2D eigenvalue weighted by Gasteiger charge is -2.09. The lowest BCUT2D eigenvalue weighted by atomic mass is 10.3. The summed E-state index contributed by atoms with van der Waals surface area (Å²) in [7, 11) is 0. The Kier molecular flexibility index (Phi) is 4.78. The third-order valence-corrected chi connectivity index (χ3v) is 2.18. The molecule has 1 rings (SSSR count). The van der Waals surface area contributed by atoms with E-state index in [1.165, 1.54) is 18.2 Å². The molecule has 0 aliphatic heterocycles. The molecule has 0 heterocycles. The van der Waals surface area contributed by atoms with Gasteiger partial charge >= 0.3 is 11.8 Å². The molecule has 2 amide bonds. The predicted molar refractivity (Wildman–Crippen MR) is 68.4 cm³/mol. The van der Waals surface area contributed by atoms with Crippen molar-refractivity contribution >= 4 is 40.7 Å². The SMILES string of the molecule is CC(C)NC(=O)C(=O)Nc1cc(Cl)cc(Cl)c1. The second kappa shape index (κ2) is 5.89. The molecule has 0 spiro atoms. The van der Waals surface area contributed by atoms with Crippen LogP contribution in [0.1, 0.15) is 13.8 Å². The molecule has 6 heteroatoms. The summed E-state index contributed by atoms with van der Waals surface area (Å²) in [5.41, 5.74) is 0.381. The molecular weight excluding hydrogens is 263 g/mol. The van der Waals surface area contributed by atoms with Crippen molar-refractivity contribution in [3.8, 4) is 0 Å². The number of halogens is 2. The summed E-state index contributed by atoms with van der Waals surface area (Å²) in [4.78, 5) is 22.8. The number of hydrogen-bond acceptors (Lipinski definition) is 2. The van der Waals surface area contributed by atoms with E-state index in [2.05, 4.69) is 10.6 Å². The first-order valence-corrected chi connectivity index (χ1v) is 5.72. The van der Waals surface area contributed by atoms with E-state index in [0.717, 1.165) is 0 Å². The van der Waals surface area contributed by atoms with Gasteiger partial charge in [0.05, 0.1) is 0 Å². The second-order valence-corrected chi connectivity index (χ2v) is 4.61. The summed E-state index contributed by atoms with van der Waals surface area (Å²) in [6.07, 6.45) is 0. The van der Waals surface area contributed by atoms with E-state index < -0.39 is 11.8 Å². The highest BCUT2D eigenvalue weighted by atomic mass is 35.5. The van der Waals surface area contributed by atoms with E-state index in [1.807, 2.05) is 0 Å². The number of anilines is 1. The molecule has 0 saturated heterocycles. The van der Waals surface area contributed by atoms with Gasteiger partial charge in [-0.2, -0.15) is 0 Å². The molecule has 0 saturated carbocycles. The summed E-state index contributed by atoms with van der Waals surface area (Å²) in [5.74, 6) is -1.45. The van der Waals surface area contributed by atoms with Crippen LogP contribution in [0.15, 0.2) is 18.2 Å². The van der Waals surface area contributed by atoms with Gasteiger partial charge in [0, 0.05) is 21.8 Å². The van der Waals surface area contributed by atoms with Gasteiger partial charge in [0.2, 0.25) is 0 Å². The van der Waals surface area contributed by atoms with Crippen LogP contribution in [0.4, 0.5) is 5.69 Å². The first kappa shape index (κ1) is 13.8. The van der Waals surface area contributed by atoms with Crippen LogP contribution in [0, 0.1) is 0 Å². The van der Waals surface area contributed by atoms with Crippen LogP contribution in [0.3, 0.4) is 0 Å². The molecule has 0 radical (unpaired) electrons. The molecule has 1 aromatic rings. The van der Waals surface area contributed by atoms with Crippen molar-refractivity contribution in [1.82, 2.24) is 5.32 Å². The van der Waals surface area contributed by atoms with E-state index in [9.17, 15) is 9.59 Å². The minimum Gasteiger partial charge on any atom is -0.346 e. The van der Waals surface area contributed by atoms with E-state index in [0.29, 0.717) is 15.7 Å². The largest absolute Gasteiger partial charge is 0.346 e. The Morgan fingerprint density at radius 2 is 1.59 bits per heavy atom. The van der Waals surface area contributed by atoms with E-state index in [4.69, 9.17) is 23.2 Å². The van der Waals surface area contributed by atoms with Crippen LogP contribution in [-0.4, -0.2) is 17.9 Å². The summed E-state index contributed by atoms with van der Waals surface area (Å²) >= 11 is 11.5. The number of hydrogen-bond donors (Lipinski definition) is 2. The minimum atomic E-state index is -0.753. The fourth-order valence-electron chi connectivity index (χ4n) is 1.14. The Hall–Kier alpha value is -1.26. The smallest absolute Gasteiger partial charge is 0.313 e. The van der Waals surface area contributed by atoms with E-state index >= 15 is 0 Å². The zero-order valence-corrected chi connectivity index (χ0v) is 10.9. The van der Waals surface area contributed by atoms with E-state index in [1.54, 1.807) is 13.8 Å². The van der Waals surface area contributed by atoms with Crippen LogP contribution in [0.25, 0.3) is 0 Å². The average molecular weight is 275 g/mol. The molecule has 0 atom stereocenters. The van der Waals surface area contributed by atoms with Gasteiger partial charge in [-0.25, -0.2) is 0 Å². The van der Waals surface area contributed by atoms with Gasteiger partial charge in [-0.15, -0.1) is 0 Å². The molecule has 2 N–H and O–H groups in total.